The van der Waals surface area contributed by atoms with Crippen LogP contribution in [0.5, 0.6) is 0 Å². The first-order valence-electron chi connectivity index (χ1n) is 1.81. The highest BCUT2D eigenvalue weighted by atomic mass is 29.1. The molecule has 5 heavy (non-hydrogen) atoms. The molecule has 5 radical (unpaired) electrons. The molecule has 0 nitrogen and oxygen atoms in total. The summed E-state index contributed by atoms with van der Waals surface area (Å²) >= 11 is 0. The fraction of sp³-hybridized carbons (Fsp3) is 1.00. The summed E-state index contributed by atoms with van der Waals surface area (Å²) in [6.45, 7) is 2.19. The maximum absolute atomic E-state index is 3.38. The average molecular weight is 99.3 g/mol. The number of hydrogen-bond acceptors (Lipinski definition) is 0. The van der Waals surface area contributed by atoms with Gasteiger partial charge in [0.25, 0.3) is 0 Å². The van der Waals surface area contributed by atoms with Gasteiger partial charge in [-0.05, 0) is 0 Å². The van der Waals surface area contributed by atoms with Gasteiger partial charge in [0.2, 0.25) is 0 Å². The molecular formula is C3H7Si2. The molecule has 0 saturated heterocycles. The van der Waals surface area contributed by atoms with Gasteiger partial charge in [-0.3, -0.25) is 0 Å². The summed E-state index contributed by atoms with van der Waals surface area (Å²) in [5, 5.41) is 0. The Labute approximate surface area is 39.0 Å². The summed E-state index contributed by atoms with van der Waals surface area (Å²) in [5.41, 5.74) is 0. The first-order valence-corrected chi connectivity index (χ1v) is 4.52. The van der Waals surface area contributed by atoms with Crippen LogP contribution in [0, 0.1) is 0 Å². The van der Waals surface area contributed by atoms with Gasteiger partial charge >= 0.3 is 0 Å². The standard InChI is InChI=1S/C3H7Si2/c1-2-3-5-4/h2-3H2,1H3. The molecule has 0 atom stereocenters. The predicted octanol–water partition coefficient (Wildman–Crippen LogP) is 0.602. The van der Waals surface area contributed by atoms with Crippen molar-refractivity contribution in [1.29, 1.82) is 0 Å². The van der Waals surface area contributed by atoms with Gasteiger partial charge in [0.05, 0.1) is 0 Å². The van der Waals surface area contributed by atoms with Crippen molar-refractivity contribution >= 4 is 18.8 Å². The molecule has 0 spiro atoms. The molecule has 0 heterocycles. The second-order valence-electron chi connectivity index (χ2n) is 0.927. The quantitative estimate of drug-likeness (QED) is 0.445. The molecule has 2 heteroatoms. The van der Waals surface area contributed by atoms with Crippen LogP contribution >= 0.6 is 0 Å². The molecule has 0 aromatic carbocycles. The van der Waals surface area contributed by atoms with Gasteiger partial charge < -0.3 is 0 Å². The molecule has 0 bridgehead atoms. The van der Waals surface area contributed by atoms with Gasteiger partial charge in [0.15, 0.2) is 0 Å². The Morgan fingerprint density at radius 2 is 2.40 bits per heavy atom. The van der Waals surface area contributed by atoms with Gasteiger partial charge in [-0.2, -0.15) is 0 Å². The van der Waals surface area contributed by atoms with Crippen LogP contribution < -0.4 is 0 Å². The van der Waals surface area contributed by atoms with Crippen LogP contribution in [-0.2, 0) is 0 Å². The van der Waals surface area contributed by atoms with Gasteiger partial charge in [-0.15, -0.1) is 0 Å². The predicted molar refractivity (Wildman–Crippen MR) is 26.6 cm³/mol. The van der Waals surface area contributed by atoms with Crippen LogP contribution in [0.2, 0.25) is 6.04 Å². The molecule has 0 fully saturated rings. The van der Waals surface area contributed by atoms with Crippen LogP contribution in [0.15, 0.2) is 0 Å². The highest BCUT2D eigenvalue weighted by Crippen LogP contribution is 1.78. The molecule has 0 aliphatic heterocycles. The van der Waals surface area contributed by atoms with E-state index in [9.17, 15) is 0 Å². The minimum atomic E-state index is 0.963. The Kier molecular flexibility index (Phi) is 4.82. The molecule has 0 saturated carbocycles. The van der Waals surface area contributed by atoms with E-state index >= 15 is 0 Å². The molecule has 0 rings (SSSR count). The Morgan fingerprint density at radius 1 is 1.80 bits per heavy atom. The fourth-order valence-corrected chi connectivity index (χ4v) is 1.12. The Morgan fingerprint density at radius 3 is 2.40 bits per heavy atom. The summed E-state index contributed by atoms with van der Waals surface area (Å²) in [7, 11) is 4.34. The molecule has 0 aromatic heterocycles. The van der Waals surface area contributed by atoms with Crippen molar-refractivity contribution in [2.75, 3.05) is 0 Å². The van der Waals surface area contributed by atoms with Crippen LogP contribution in [0.25, 0.3) is 0 Å². The summed E-state index contributed by atoms with van der Waals surface area (Å²) in [6, 6.07) is 1.33. The van der Waals surface area contributed by atoms with Gasteiger partial charge in [-0.25, -0.2) is 0 Å². The zero-order valence-corrected chi connectivity index (χ0v) is 5.41. The van der Waals surface area contributed by atoms with Crippen LogP contribution in [0.3, 0.4) is 0 Å². The molecule has 0 aliphatic carbocycles. The minimum Gasteiger partial charge on any atom is -0.0657 e. The Bertz CT molecular complexity index is 12.4. The Hall–Kier alpha value is 0.434. The van der Waals surface area contributed by atoms with E-state index < -0.39 is 0 Å². The lowest BCUT2D eigenvalue weighted by Gasteiger charge is -1.77. The molecular weight excluding hydrogens is 92.2 g/mol. The third-order valence-corrected chi connectivity index (χ3v) is 1.87. The normalized spacial score (nSPS) is 8.40. The van der Waals surface area contributed by atoms with Gasteiger partial charge in [0, 0.05) is 18.8 Å². The van der Waals surface area contributed by atoms with E-state index in [1.54, 1.807) is 0 Å². The van der Waals surface area contributed by atoms with Crippen LogP contribution in [0.1, 0.15) is 13.3 Å². The second-order valence-corrected chi connectivity index (χ2v) is 2.84. The van der Waals surface area contributed by atoms with Crippen molar-refractivity contribution in [2.45, 2.75) is 19.4 Å². The highest BCUT2D eigenvalue weighted by molar-refractivity contribution is 6.89. The van der Waals surface area contributed by atoms with E-state index in [-0.39, 0.29) is 0 Å². The van der Waals surface area contributed by atoms with Crippen molar-refractivity contribution in [3.8, 4) is 0 Å². The number of rotatable bonds is 2. The van der Waals surface area contributed by atoms with Crippen molar-refractivity contribution in [3.63, 3.8) is 0 Å². The summed E-state index contributed by atoms with van der Waals surface area (Å²) in [6.07, 6.45) is 1.31. The van der Waals surface area contributed by atoms with Crippen LogP contribution in [0.4, 0.5) is 0 Å². The maximum atomic E-state index is 3.38. The highest BCUT2D eigenvalue weighted by Gasteiger charge is 1.70. The molecule has 27 valence electrons. The van der Waals surface area contributed by atoms with Crippen LogP contribution in [-0.4, -0.2) is 18.8 Å². The topological polar surface area (TPSA) is 0 Å². The molecule has 0 unspecified atom stereocenters. The SMILES string of the molecule is CCC[Si][Si]. The lowest BCUT2D eigenvalue weighted by Crippen LogP contribution is -1.82. The van der Waals surface area contributed by atoms with E-state index in [1.165, 1.54) is 12.5 Å². The van der Waals surface area contributed by atoms with Crippen molar-refractivity contribution in [1.82, 2.24) is 0 Å². The summed E-state index contributed by atoms with van der Waals surface area (Å²) in [4.78, 5) is 0. The van der Waals surface area contributed by atoms with E-state index in [4.69, 9.17) is 0 Å². The number of hydrogen-bond donors (Lipinski definition) is 0. The zero-order valence-electron chi connectivity index (χ0n) is 3.41. The van der Waals surface area contributed by atoms with E-state index in [0.717, 1.165) is 9.04 Å². The van der Waals surface area contributed by atoms with Gasteiger partial charge in [0.1, 0.15) is 0 Å². The summed E-state index contributed by atoms with van der Waals surface area (Å²) in [5.74, 6) is 0. The van der Waals surface area contributed by atoms with Crippen molar-refractivity contribution in [3.05, 3.63) is 0 Å². The first kappa shape index (κ1) is 5.43. The van der Waals surface area contributed by atoms with E-state index in [1.807, 2.05) is 0 Å². The Balaban J connectivity index is 2.19. The monoisotopic (exact) mass is 99.0 g/mol. The molecule has 0 aromatic rings. The van der Waals surface area contributed by atoms with Gasteiger partial charge in [-0.1, -0.05) is 19.4 Å². The zero-order chi connectivity index (χ0) is 4.12. The first-order chi connectivity index (χ1) is 2.41. The maximum Gasteiger partial charge on any atom is 0.0180 e. The van der Waals surface area contributed by atoms with Crippen molar-refractivity contribution < 1.29 is 0 Å². The average Bonchev–Trinajstić information content (AvgIpc) is 1.41. The lowest BCUT2D eigenvalue weighted by atomic mass is 10.6. The molecule has 0 N–H and O–H groups in total. The molecule has 0 amide bonds. The fourth-order valence-electron chi connectivity index (χ4n) is 0.125. The smallest absolute Gasteiger partial charge is 0.0180 e. The third kappa shape index (κ3) is 4.43. The van der Waals surface area contributed by atoms with Crippen molar-refractivity contribution in [2.24, 2.45) is 0 Å². The third-order valence-electron chi connectivity index (χ3n) is 0.375. The summed E-state index contributed by atoms with van der Waals surface area (Å²) < 4.78 is 0. The largest absolute Gasteiger partial charge is 0.0657 e. The van der Waals surface area contributed by atoms with E-state index in [0.29, 0.717) is 0 Å². The second kappa shape index (κ2) is 4.43. The van der Waals surface area contributed by atoms with E-state index in [2.05, 4.69) is 16.7 Å². The lowest BCUT2D eigenvalue weighted by molar-refractivity contribution is 1.08. The molecule has 0 aliphatic rings. The minimum absolute atomic E-state index is 0.963.